The van der Waals surface area contributed by atoms with Crippen LogP contribution >= 0.6 is 0 Å². The van der Waals surface area contributed by atoms with Gasteiger partial charge in [0.05, 0.1) is 15.9 Å². The third-order valence-electron chi connectivity index (χ3n) is 3.24. The second-order valence-corrected chi connectivity index (χ2v) is 8.83. The smallest absolute Gasteiger partial charge is 0.261 e. The van der Waals surface area contributed by atoms with E-state index in [2.05, 4.69) is 10.0 Å². The molecule has 0 saturated heterocycles. The van der Waals surface area contributed by atoms with Crippen LogP contribution in [0.25, 0.3) is 0 Å². The van der Waals surface area contributed by atoms with Crippen molar-refractivity contribution in [1.82, 2.24) is 0 Å². The number of benzene rings is 2. The molecule has 2 rings (SSSR count). The normalized spacial score (nSPS) is 11.7. The van der Waals surface area contributed by atoms with E-state index < -0.39 is 19.9 Å². The van der Waals surface area contributed by atoms with Crippen LogP contribution in [0.2, 0.25) is 0 Å². The summed E-state index contributed by atoms with van der Waals surface area (Å²) in [5.41, 5.74) is 0.630. The van der Waals surface area contributed by atoms with Crippen molar-refractivity contribution in [1.29, 1.82) is 5.26 Å². The van der Waals surface area contributed by atoms with Crippen LogP contribution in [-0.2, 0) is 24.7 Å². The summed E-state index contributed by atoms with van der Waals surface area (Å²) in [5, 5.41) is 11.7. The Kier molecular flexibility index (Phi) is 5.99. The van der Waals surface area contributed by atoms with E-state index >= 15 is 0 Å². The van der Waals surface area contributed by atoms with Gasteiger partial charge in [-0.1, -0.05) is 0 Å². The number of carbonyl (C=O) groups is 1. The Morgan fingerprint density at radius 3 is 1.96 bits per heavy atom. The van der Waals surface area contributed by atoms with Gasteiger partial charge < -0.3 is 5.32 Å². The maximum atomic E-state index is 12.4. The Hall–Kier alpha value is -3.16. The number of rotatable bonds is 6. The van der Waals surface area contributed by atoms with Gasteiger partial charge in [0.15, 0.2) is 0 Å². The monoisotopic (exact) mass is 405 g/mol. The lowest BCUT2D eigenvalue weighted by atomic mass is 10.3. The zero-order valence-corrected chi connectivity index (χ0v) is 15.7. The third kappa shape index (κ3) is 5.40. The number of sulfonamides is 1. The average molecular weight is 405 g/mol. The maximum Gasteiger partial charge on any atom is 0.261 e. The van der Waals surface area contributed by atoms with Gasteiger partial charge in [0.1, 0.15) is 0 Å². The standard InChI is InChI=1S/C17H15N3O5S2/c1-13(21)19-14-3-9-17(10-4-14)27(24,25)20-15-5-7-16(8-6-15)26(22,23)12-2-11-18/h2-10,12,20H,1H3,(H,19,21). The van der Waals surface area contributed by atoms with E-state index in [-0.39, 0.29) is 21.4 Å². The lowest BCUT2D eigenvalue weighted by Gasteiger charge is -2.09. The van der Waals surface area contributed by atoms with Gasteiger partial charge in [-0.15, -0.1) is 0 Å². The van der Waals surface area contributed by atoms with Crippen molar-refractivity contribution in [2.24, 2.45) is 0 Å². The Morgan fingerprint density at radius 1 is 0.926 bits per heavy atom. The number of nitrogens with zero attached hydrogens (tertiary/aromatic N) is 1. The predicted octanol–water partition coefficient (Wildman–Crippen LogP) is 2.26. The van der Waals surface area contributed by atoms with Crippen molar-refractivity contribution in [2.45, 2.75) is 16.7 Å². The second kappa shape index (κ2) is 8.03. The molecule has 140 valence electrons. The Morgan fingerprint density at radius 2 is 1.44 bits per heavy atom. The van der Waals surface area contributed by atoms with E-state index in [9.17, 15) is 21.6 Å². The van der Waals surface area contributed by atoms with Crippen molar-refractivity contribution < 1.29 is 21.6 Å². The molecular formula is C17H15N3O5S2. The lowest BCUT2D eigenvalue weighted by Crippen LogP contribution is -2.13. The number of amides is 1. The van der Waals surface area contributed by atoms with Crippen LogP contribution in [0.4, 0.5) is 11.4 Å². The molecule has 0 aliphatic carbocycles. The van der Waals surface area contributed by atoms with Crippen LogP contribution in [0.1, 0.15) is 6.92 Å². The number of nitrogens with one attached hydrogen (secondary N) is 2. The lowest BCUT2D eigenvalue weighted by molar-refractivity contribution is -0.114. The van der Waals surface area contributed by atoms with E-state index in [1.807, 2.05) is 0 Å². The molecule has 0 atom stereocenters. The number of anilines is 2. The molecule has 0 saturated carbocycles. The third-order valence-corrected chi connectivity index (χ3v) is 6.06. The van der Waals surface area contributed by atoms with Crippen molar-refractivity contribution in [3.63, 3.8) is 0 Å². The molecule has 0 bridgehead atoms. The molecule has 0 heterocycles. The van der Waals surface area contributed by atoms with Gasteiger partial charge in [-0.3, -0.25) is 9.52 Å². The second-order valence-electron chi connectivity index (χ2n) is 5.31. The molecule has 0 radical (unpaired) electrons. The number of sulfone groups is 1. The highest BCUT2D eigenvalue weighted by molar-refractivity contribution is 7.94. The first kappa shape index (κ1) is 20.2. The Bertz CT molecular complexity index is 1110. The van der Waals surface area contributed by atoms with Gasteiger partial charge in [0, 0.05) is 29.8 Å². The maximum absolute atomic E-state index is 12.4. The minimum absolute atomic E-state index is 0.0229. The molecule has 0 aromatic heterocycles. The predicted molar refractivity (Wildman–Crippen MR) is 99.9 cm³/mol. The minimum Gasteiger partial charge on any atom is -0.326 e. The summed E-state index contributed by atoms with van der Waals surface area (Å²) < 4.78 is 50.9. The number of hydrogen-bond acceptors (Lipinski definition) is 6. The largest absolute Gasteiger partial charge is 0.326 e. The minimum atomic E-state index is -3.89. The van der Waals surface area contributed by atoms with Crippen LogP contribution in [0, 0.1) is 11.3 Å². The fraction of sp³-hybridized carbons (Fsp3) is 0.0588. The van der Waals surface area contributed by atoms with Crippen molar-refractivity contribution in [3.05, 3.63) is 60.0 Å². The Balaban J connectivity index is 2.19. The van der Waals surface area contributed by atoms with E-state index in [4.69, 9.17) is 5.26 Å². The summed E-state index contributed by atoms with van der Waals surface area (Å²) in [4.78, 5) is 10.9. The van der Waals surface area contributed by atoms with Gasteiger partial charge >= 0.3 is 0 Å². The zero-order chi connectivity index (χ0) is 20.1. The molecule has 1 amide bonds. The van der Waals surface area contributed by atoms with E-state index in [1.54, 1.807) is 6.07 Å². The molecule has 0 fully saturated rings. The van der Waals surface area contributed by atoms with E-state index in [1.165, 1.54) is 55.5 Å². The number of allylic oxidation sites excluding steroid dienone is 1. The topological polar surface area (TPSA) is 133 Å². The van der Waals surface area contributed by atoms with Crippen LogP contribution in [0.5, 0.6) is 0 Å². The first-order valence-corrected chi connectivity index (χ1v) is 10.5. The molecular weight excluding hydrogens is 390 g/mol. The molecule has 0 aliphatic rings. The highest BCUT2D eigenvalue weighted by Gasteiger charge is 2.15. The highest BCUT2D eigenvalue weighted by Crippen LogP contribution is 2.20. The van der Waals surface area contributed by atoms with Crippen LogP contribution in [-0.4, -0.2) is 22.7 Å². The first-order chi connectivity index (χ1) is 12.6. The molecule has 2 aromatic rings. The fourth-order valence-electron chi connectivity index (χ4n) is 2.05. The van der Waals surface area contributed by atoms with Crippen LogP contribution in [0.15, 0.2) is 69.8 Å². The van der Waals surface area contributed by atoms with E-state index in [0.717, 1.165) is 11.5 Å². The fourth-order valence-corrected chi connectivity index (χ4v) is 4.02. The number of carbonyl (C=O) groups excluding carboxylic acids is 1. The van der Waals surface area contributed by atoms with Gasteiger partial charge in [0.25, 0.3) is 10.0 Å². The van der Waals surface area contributed by atoms with Crippen LogP contribution < -0.4 is 10.0 Å². The molecule has 8 nitrogen and oxygen atoms in total. The summed E-state index contributed by atoms with van der Waals surface area (Å²) in [6.07, 6.45) is 0.844. The summed E-state index contributed by atoms with van der Waals surface area (Å²) in [7, 11) is -7.65. The van der Waals surface area contributed by atoms with Crippen molar-refractivity contribution in [3.8, 4) is 6.07 Å². The number of nitriles is 1. The average Bonchev–Trinajstić information content (AvgIpc) is 2.60. The summed E-state index contributed by atoms with van der Waals surface area (Å²) in [6.45, 7) is 1.34. The van der Waals surface area contributed by atoms with Gasteiger partial charge in [-0.2, -0.15) is 5.26 Å². The zero-order valence-electron chi connectivity index (χ0n) is 14.1. The van der Waals surface area contributed by atoms with E-state index in [0.29, 0.717) is 5.69 Å². The summed E-state index contributed by atoms with van der Waals surface area (Å²) in [5.74, 6) is -0.275. The molecule has 2 aromatic carbocycles. The molecule has 0 spiro atoms. The first-order valence-electron chi connectivity index (χ1n) is 7.46. The highest BCUT2D eigenvalue weighted by atomic mass is 32.2. The van der Waals surface area contributed by atoms with Crippen molar-refractivity contribution >= 4 is 37.1 Å². The Labute approximate surface area is 157 Å². The molecule has 10 heteroatoms. The summed E-state index contributed by atoms with van der Waals surface area (Å²) in [6, 6.07) is 12.2. The SMILES string of the molecule is CC(=O)Nc1ccc(S(=O)(=O)Nc2ccc(S(=O)(=O)C=CC#N)cc2)cc1. The molecule has 0 aliphatic heterocycles. The number of hydrogen-bond donors (Lipinski definition) is 2. The van der Waals surface area contributed by atoms with Crippen LogP contribution in [0.3, 0.4) is 0 Å². The molecule has 0 unspecified atom stereocenters. The molecule has 27 heavy (non-hydrogen) atoms. The van der Waals surface area contributed by atoms with Gasteiger partial charge in [-0.05, 0) is 48.5 Å². The van der Waals surface area contributed by atoms with Crippen molar-refractivity contribution in [2.75, 3.05) is 10.0 Å². The van der Waals surface area contributed by atoms with Gasteiger partial charge in [0.2, 0.25) is 15.7 Å². The summed E-state index contributed by atoms with van der Waals surface area (Å²) >= 11 is 0. The van der Waals surface area contributed by atoms with Gasteiger partial charge in [-0.25, -0.2) is 16.8 Å². The molecule has 2 N–H and O–H groups in total. The quantitative estimate of drug-likeness (QED) is 0.708.